The molecule has 14 aromatic rings. The molecule has 0 fully saturated rings. The number of benzene rings is 11. The fourth-order valence-electron chi connectivity index (χ4n) is 10.6. The van der Waals surface area contributed by atoms with Gasteiger partial charge in [-0.25, -0.2) is 0 Å². The van der Waals surface area contributed by atoms with Crippen molar-refractivity contribution in [2.24, 2.45) is 0 Å². The van der Waals surface area contributed by atoms with Crippen LogP contribution >= 0.6 is 0 Å². The summed E-state index contributed by atoms with van der Waals surface area (Å²) in [5.41, 5.74) is 14.5. The van der Waals surface area contributed by atoms with Gasteiger partial charge in [-0.2, -0.15) is 0 Å². The lowest BCUT2D eigenvalue weighted by molar-refractivity contribution is 0.669. The van der Waals surface area contributed by atoms with Crippen molar-refractivity contribution in [3.63, 3.8) is 0 Å². The van der Waals surface area contributed by atoms with Gasteiger partial charge in [0, 0.05) is 60.3 Å². The number of furan rings is 2. The summed E-state index contributed by atoms with van der Waals surface area (Å²) in [6.45, 7) is 0. The summed E-state index contributed by atoms with van der Waals surface area (Å²) in [7, 11) is 0. The van der Waals surface area contributed by atoms with Gasteiger partial charge in [0.1, 0.15) is 22.3 Å². The summed E-state index contributed by atoms with van der Waals surface area (Å²) in [5, 5.41) is 11.7. The summed E-state index contributed by atoms with van der Waals surface area (Å²) in [5.74, 6) is 0. The minimum absolute atomic E-state index is 0.862. The van der Waals surface area contributed by atoms with Gasteiger partial charge in [-0.15, -0.1) is 0 Å². The summed E-state index contributed by atoms with van der Waals surface area (Å²) < 4.78 is 15.5. The molecule has 0 spiro atoms. The van der Waals surface area contributed by atoms with E-state index in [1.165, 1.54) is 43.4 Å². The van der Waals surface area contributed by atoms with E-state index in [1.54, 1.807) is 0 Å². The largest absolute Gasteiger partial charge is 0.456 e. The van der Waals surface area contributed by atoms with Crippen molar-refractivity contribution < 1.29 is 8.83 Å². The topological polar surface area (TPSA) is 34.5 Å². The smallest absolute Gasteiger partial charge is 0.143 e. The van der Waals surface area contributed by atoms with Gasteiger partial charge in [0.15, 0.2) is 0 Å². The average Bonchev–Trinajstić information content (AvgIpc) is 4.07. The predicted molar refractivity (Wildman–Crippen MR) is 276 cm³/mol. The Morgan fingerprint density at radius 2 is 0.894 bits per heavy atom. The molecule has 0 atom stereocenters. The lowest BCUT2D eigenvalue weighted by Crippen LogP contribution is -2.11. The molecule has 4 heteroatoms. The molecule has 0 N–H and O–H groups in total. The molecule has 0 saturated heterocycles. The first-order valence-corrected chi connectivity index (χ1v) is 22.5. The van der Waals surface area contributed by atoms with Crippen LogP contribution in [0.25, 0.3) is 115 Å². The van der Waals surface area contributed by atoms with Gasteiger partial charge in [0.25, 0.3) is 0 Å². The molecule has 3 heterocycles. The van der Waals surface area contributed by atoms with Gasteiger partial charge in [0.05, 0.1) is 16.7 Å². The molecule has 308 valence electrons. The van der Waals surface area contributed by atoms with Crippen molar-refractivity contribution in [1.29, 1.82) is 0 Å². The van der Waals surface area contributed by atoms with Crippen LogP contribution in [-0.4, -0.2) is 4.57 Å². The van der Waals surface area contributed by atoms with Crippen LogP contribution in [0.3, 0.4) is 0 Å². The summed E-state index contributed by atoms with van der Waals surface area (Å²) >= 11 is 0. The van der Waals surface area contributed by atoms with Gasteiger partial charge < -0.3 is 18.3 Å². The third-order valence-corrected chi connectivity index (χ3v) is 13.6. The molecule has 3 aromatic heterocycles. The van der Waals surface area contributed by atoms with Gasteiger partial charge in [-0.3, -0.25) is 0 Å². The highest BCUT2D eigenvalue weighted by atomic mass is 16.3. The van der Waals surface area contributed by atoms with Crippen LogP contribution in [0.2, 0.25) is 0 Å². The lowest BCUT2D eigenvalue weighted by Gasteiger charge is -2.28. The minimum atomic E-state index is 0.862. The number of fused-ring (bicyclic) bond motifs is 12. The molecule has 0 aliphatic heterocycles. The van der Waals surface area contributed by atoms with Crippen molar-refractivity contribution in [3.8, 4) is 27.9 Å². The zero-order valence-electron chi connectivity index (χ0n) is 35.7. The van der Waals surface area contributed by atoms with E-state index in [1.807, 2.05) is 18.2 Å². The number of aromatic nitrogens is 1. The number of anilines is 3. The number of hydrogen-bond donors (Lipinski definition) is 0. The highest BCUT2D eigenvalue weighted by Gasteiger charge is 2.23. The first-order valence-electron chi connectivity index (χ1n) is 22.5. The Balaban J connectivity index is 0.995. The Morgan fingerprint density at radius 3 is 1.64 bits per heavy atom. The molecule has 0 unspecified atom stereocenters. The molecule has 66 heavy (non-hydrogen) atoms. The van der Waals surface area contributed by atoms with Crippen molar-refractivity contribution in [2.45, 2.75) is 0 Å². The molecule has 14 rings (SSSR count). The van der Waals surface area contributed by atoms with Gasteiger partial charge in [-0.05, 0) is 106 Å². The number of rotatable bonds is 6. The fraction of sp³-hybridized carbons (Fsp3) is 0. The van der Waals surface area contributed by atoms with Crippen LogP contribution in [0.5, 0.6) is 0 Å². The van der Waals surface area contributed by atoms with Crippen molar-refractivity contribution in [1.82, 2.24) is 4.57 Å². The predicted octanol–water partition coefficient (Wildman–Crippen LogP) is 17.7. The molecule has 0 saturated carbocycles. The average molecular weight is 843 g/mol. The van der Waals surface area contributed by atoms with E-state index >= 15 is 0 Å². The fourth-order valence-corrected chi connectivity index (χ4v) is 10.6. The monoisotopic (exact) mass is 842 g/mol. The number of para-hydroxylation sites is 4. The first kappa shape index (κ1) is 36.6. The molecule has 0 aliphatic carbocycles. The van der Waals surface area contributed by atoms with Crippen LogP contribution < -0.4 is 4.90 Å². The van der Waals surface area contributed by atoms with Gasteiger partial charge in [0.2, 0.25) is 0 Å². The third kappa shape index (κ3) is 5.52. The Bertz CT molecular complexity index is 4170. The van der Waals surface area contributed by atoms with E-state index < -0.39 is 0 Å². The molecule has 0 bridgehead atoms. The maximum Gasteiger partial charge on any atom is 0.143 e. The van der Waals surface area contributed by atoms with E-state index in [-0.39, 0.29) is 0 Å². The van der Waals surface area contributed by atoms with Crippen LogP contribution in [0.15, 0.2) is 239 Å². The Hall–Kier alpha value is -8.86. The second-order valence-electron chi connectivity index (χ2n) is 17.2. The van der Waals surface area contributed by atoms with E-state index in [2.05, 4.69) is 222 Å². The molecule has 4 nitrogen and oxygen atoms in total. The second-order valence-corrected chi connectivity index (χ2v) is 17.2. The van der Waals surface area contributed by atoms with E-state index in [9.17, 15) is 0 Å². The van der Waals surface area contributed by atoms with E-state index in [0.717, 1.165) is 88.9 Å². The number of nitrogens with zero attached hydrogens (tertiary/aromatic N) is 2. The van der Waals surface area contributed by atoms with Gasteiger partial charge >= 0.3 is 0 Å². The molecular formula is C62H38N2O2. The van der Waals surface area contributed by atoms with Crippen LogP contribution in [0, 0.1) is 0 Å². The maximum atomic E-state index is 6.82. The lowest BCUT2D eigenvalue weighted by atomic mass is 9.96. The summed E-state index contributed by atoms with van der Waals surface area (Å²) in [6, 6.07) is 82.9. The van der Waals surface area contributed by atoms with Crippen molar-refractivity contribution in [2.75, 3.05) is 4.90 Å². The highest BCUT2D eigenvalue weighted by molar-refractivity contribution is 6.17. The van der Waals surface area contributed by atoms with Crippen molar-refractivity contribution >= 4 is 104 Å². The van der Waals surface area contributed by atoms with Crippen LogP contribution in [0.4, 0.5) is 17.1 Å². The van der Waals surface area contributed by atoms with E-state index in [0.29, 0.717) is 0 Å². The Morgan fingerprint density at radius 1 is 0.333 bits per heavy atom. The van der Waals surface area contributed by atoms with E-state index in [4.69, 9.17) is 8.83 Å². The third-order valence-electron chi connectivity index (χ3n) is 13.6. The normalized spacial score (nSPS) is 11.9. The standard InChI is InChI=1S/C62H38N2O2/c1-2-15-45-41(14-1)36-57(48-17-4-3-16-47(45)48)63(42-32-28-39(29-33-42)46-22-13-27-60-61(46)52-21-8-12-26-59(52)65-60)44-37-53(62-54(38-44)51-20-7-11-25-58(51)66-62)40-30-34-43(35-31-40)64-55-23-9-5-18-49(55)50-19-6-10-24-56(50)64/h1-38H. The zero-order valence-corrected chi connectivity index (χ0v) is 35.7. The van der Waals surface area contributed by atoms with Crippen LogP contribution in [-0.2, 0) is 0 Å². The quantitative estimate of drug-likeness (QED) is 0.156. The first-order chi connectivity index (χ1) is 32.7. The SMILES string of the molecule is c1ccc2c(c1)cc(N(c1ccc(-c3cccc4oc5ccccc5c34)cc1)c1cc(-c3ccc(-n4c5ccccc5c5ccccc54)cc3)c3oc4ccccc4c3c1)c1ccccc12. The van der Waals surface area contributed by atoms with Crippen LogP contribution in [0.1, 0.15) is 0 Å². The summed E-state index contributed by atoms with van der Waals surface area (Å²) in [4.78, 5) is 2.43. The molecule has 0 aliphatic rings. The molecular weight excluding hydrogens is 805 g/mol. The molecule has 11 aromatic carbocycles. The minimum Gasteiger partial charge on any atom is -0.456 e. The van der Waals surface area contributed by atoms with Crippen molar-refractivity contribution in [3.05, 3.63) is 231 Å². The Kier molecular flexibility index (Phi) is 7.95. The molecule has 0 radical (unpaired) electrons. The second kappa shape index (κ2) is 14.3. The highest BCUT2D eigenvalue weighted by Crippen LogP contribution is 2.47. The summed E-state index contributed by atoms with van der Waals surface area (Å²) in [6.07, 6.45) is 0. The maximum absolute atomic E-state index is 6.82. The molecule has 0 amide bonds. The van der Waals surface area contributed by atoms with Gasteiger partial charge in [-0.1, -0.05) is 158 Å². The zero-order chi connectivity index (χ0) is 43.3. The number of hydrogen-bond acceptors (Lipinski definition) is 3. The Labute approximate surface area is 379 Å².